The summed E-state index contributed by atoms with van der Waals surface area (Å²) in [6.45, 7) is 9.85. The first kappa shape index (κ1) is 28.4. The van der Waals surface area contributed by atoms with Crippen LogP contribution in [0.25, 0.3) is 0 Å². The summed E-state index contributed by atoms with van der Waals surface area (Å²) in [5, 5.41) is 0. The van der Waals surface area contributed by atoms with Gasteiger partial charge in [0.25, 0.3) is 0 Å². The molecule has 0 aliphatic carbocycles. The molecule has 0 saturated heterocycles. The second kappa shape index (κ2) is 9.56. The Morgan fingerprint density at radius 1 is 0.711 bits per heavy atom. The minimum Gasteiger partial charge on any atom is -0.443 e. The van der Waals surface area contributed by atoms with Crippen molar-refractivity contribution in [3.8, 4) is 0 Å². The molecule has 2 aliphatic heterocycles. The Labute approximate surface area is 243 Å². The molecule has 2 amide bonds. The molecule has 2 aromatic carbocycles. The molecule has 8 nitrogen and oxygen atoms in total. The topological polar surface area (TPSA) is 93.2 Å². The maximum Gasteiger partial charge on any atom is 0.419 e. The van der Waals surface area contributed by atoms with Gasteiger partial charge >= 0.3 is 12.2 Å². The van der Waals surface area contributed by atoms with Gasteiger partial charge in [-0.1, -0.05) is 15.9 Å². The van der Waals surface area contributed by atoms with Gasteiger partial charge in [-0.2, -0.15) is 0 Å². The van der Waals surface area contributed by atoms with E-state index in [-0.39, 0.29) is 27.0 Å². The van der Waals surface area contributed by atoms with Crippen LogP contribution in [0.4, 0.5) is 25.4 Å². The van der Waals surface area contributed by atoms with E-state index in [0.717, 1.165) is 21.9 Å². The van der Waals surface area contributed by atoms with Gasteiger partial charge in [-0.05, 0) is 97.7 Å². The van der Waals surface area contributed by atoms with Gasteiger partial charge in [-0.3, -0.25) is 9.59 Å². The number of carbonyl (C=O) groups is 4. The molecule has 0 fully saturated rings. The van der Waals surface area contributed by atoms with Crippen LogP contribution in [0.3, 0.4) is 0 Å². The second-order valence-electron chi connectivity index (χ2n) is 10.6. The predicted octanol–water partition coefficient (Wildman–Crippen LogP) is 7.90. The zero-order chi connectivity index (χ0) is 28.5. The van der Waals surface area contributed by atoms with Crippen molar-refractivity contribution < 1.29 is 33.0 Å². The van der Waals surface area contributed by atoms with Crippen molar-refractivity contribution in [1.82, 2.24) is 0 Å². The third-order valence-electron chi connectivity index (χ3n) is 5.25. The molecule has 2 aromatic rings. The largest absolute Gasteiger partial charge is 0.443 e. The van der Waals surface area contributed by atoms with E-state index >= 15 is 0 Å². The minimum atomic E-state index is -0.993. The number of nitrogens with zero attached hydrogens (tertiary/aromatic N) is 2. The predicted molar refractivity (Wildman–Crippen MR) is 149 cm³/mol. The molecule has 0 spiro atoms. The molecule has 0 N–H and O–H groups in total. The van der Waals surface area contributed by atoms with Gasteiger partial charge in [-0.25, -0.2) is 23.8 Å². The summed E-state index contributed by atoms with van der Waals surface area (Å²) in [7, 11) is 0. The Balaban J connectivity index is 2.07. The van der Waals surface area contributed by atoms with Gasteiger partial charge in [0.15, 0.2) is 0 Å². The number of Topliss-reactive ketones (excluding diaryl/α,β-unsaturated/α-hetero) is 2. The standard InChI is InChI=1S/C26H22Br3FN2O6/c1-25(2,3)37-23(35)31-17-13(7-11(27)8-15(17)28)21(33)19(31)20-22(34)14-9-12(30)10-16(29)18(14)32(20)24(36)38-26(4,5)6/h7-10H,1-6H3/b20-19+. The third-order valence-corrected chi connectivity index (χ3v) is 6.91. The molecule has 200 valence electrons. The van der Waals surface area contributed by atoms with Gasteiger partial charge in [0, 0.05) is 13.4 Å². The molecular formula is C26H22Br3FN2O6. The Hall–Kier alpha value is -2.57. The molecule has 12 heteroatoms. The van der Waals surface area contributed by atoms with Crippen molar-refractivity contribution >= 4 is 82.9 Å². The Morgan fingerprint density at radius 2 is 1.11 bits per heavy atom. The number of amides is 2. The van der Waals surface area contributed by atoms with Crippen LogP contribution in [-0.4, -0.2) is 35.0 Å². The minimum absolute atomic E-state index is 0.0127. The SMILES string of the molecule is CC(C)(C)OC(=O)N1/C(=C2\C(=O)c3cc(Br)cc(Br)c3N2C(=O)OC(C)(C)C)C(=O)c2cc(F)cc(Br)c21. The van der Waals surface area contributed by atoms with Crippen molar-refractivity contribution in [1.29, 1.82) is 0 Å². The monoisotopic (exact) mass is 714 g/mol. The quantitative estimate of drug-likeness (QED) is 0.258. The summed E-state index contributed by atoms with van der Waals surface area (Å²) in [5.74, 6) is -2.30. The normalized spacial score (nSPS) is 17.1. The highest BCUT2D eigenvalue weighted by atomic mass is 79.9. The van der Waals surface area contributed by atoms with Crippen molar-refractivity contribution in [2.45, 2.75) is 52.7 Å². The summed E-state index contributed by atoms with van der Waals surface area (Å²) in [4.78, 5) is 56.7. The van der Waals surface area contributed by atoms with Gasteiger partial charge in [0.1, 0.15) is 28.4 Å². The van der Waals surface area contributed by atoms with Crippen LogP contribution in [0.5, 0.6) is 0 Å². The maximum atomic E-state index is 14.4. The molecule has 0 bridgehead atoms. The lowest BCUT2D eigenvalue weighted by Crippen LogP contribution is -2.41. The number of anilines is 2. The van der Waals surface area contributed by atoms with Crippen LogP contribution >= 0.6 is 47.8 Å². The van der Waals surface area contributed by atoms with Crippen molar-refractivity contribution in [2.24, 2.45) is 0 Å². The average Bonchev–Trinajstić information content (AvgIpc) is 3.17. The summed E-state index contributed by atoms with van der Waals surface area (Å²) >= 11 is 9.97. The molecule has 0 saturated carbocycles. The molecule has 2 heterocycles. The molecule has 38 heavy (non-hydrogen) atoms. The lowest BCUT2D eigenvalue weighted by molar-refractivity contribution is 0.0571. The Bertz CT molecular complexity index is 1360. The number of rotatable bonds is 0. The van der Waals surface area contributed by atoms with E-state index in [1.807, 2.05) is 0 Å². The van der Waals surface area contributed by atoms with Gasteiger partial charge in [0.05, 0.1) is 22.5 Å². The maximum absolute atomic E-state index is 14.4. The summed E-state index contributed by atoms with van der Waals surface area (Å²) in [6, 6.07) is 5.17. The number of carbonyl (C=O) groups excluding carboxylic acids is 4. The Kier molecular flexibility index (Phi) is 7.16. The van der Waals surface area contributed by atoms with Crippen LogP contribution in [-0.2, 0) is 9.47 Å². The number of ether oxygens (including phenoxy) is 2. The zero-order valence-electron chi connectivity index (χ0n) is 21.2. The molecule has 0 unspecified atom stereocenters. The Morgan fingerprint density at radius 3 is 1.53 bits per heavy atom. The van der Waals surface area contributed by atoms with E-state index in [9.17, 15) is 23.6 Å². The number of halogens is 4. The number of ketones is 2. The van der Waals surface area contributed by atoms with E-state index in [4.69, 9.17) is 9.47 Å². The van der Waals surface area contributed by atoms with Crippen molar-refractivity contribution in [3.63, 3.8) is 0 Å². The van der Waals surface area contributed by atoms with E-state index in [0.29, 0.717) is 8.95 Å². The number of fused-ring (bicyclic) bond motifs is 2. The molecule has 4 rings (SSSR count). The van der Waals surface area contributed by atoms with E-state index < -0.39 is 52.2 Å². The van der Waals surface area contributed by atoms with Crippen molar-refractivity contribution in [3.05, 3.63) is 66.0 Å². The van der Waals surface area contributed by atoms with Crippen LogP contribution in [0.2, 0.25) is 0 Å². The molecule has 2 aliphatic rings. The molecular weight excluding hydrogens is 695 g/mol. The first-order chi connectivity index (χ1) is 17.4. The van der Waals surface area contributed by atoms with Crippen LogP contribution in [0, 0.1) is 5.82 Å². The molecule has 0 atom stereocenters. The lowest BCUT2D eigenvalue weighted by atomic mass is 10.1. The number of benzene rings is 2. The number of hydrogen-bond donors (Lipinski definition) is 0. The van der Waals surface area contributed by atoms with E-state index in [1.54, 1.807) is 47.6 Å². The number of allylic oxidation sites excluding steroid dienone is 2. The van der Waals surface area contributed by atoms with Crippen LogP contribution in [0.1, 0.15) is 62.3 Å². The van der Waals surface area contributed by atoms with Gasteiger partial charge in [0.2, 0.25) is 11.6 Å². The fraction of sp³-hybridized carbons (Fsp3) is 0.308. The first-order valence-electron chi connectivity index (χ1n) is 11.3. The highest BCUT2D eigenvalue weighted by molar-refractivity contribution is 9.11. The fourth-order valence-corrected chi connectivity index (χ4v) is 6.03. The average molecular weight is 717 g/mol. The van der Waals surface area contributed by atoms with Crippen LogP contribution in [0.15, 0.2) is 49.1 Å². The summed E-state index contributed by atoms with van der Waals surface area (Å²) in [5.41, 5.74) is -2.80. The van der Waals surface area contributed by atoms with Crippen molar-refractivity contribution in [2.75, 3.05) is 9.80 Å². The first-order valence-corrected chi connectivity index (χ1v) is 13.7. The van der Waals surface area contributed by atoms with Gasteiger partial charge in [-0.15, -0.1) is 0 Å². The molecule has 0 radical (unpaired) electrons. The second-order valence-corrected chi connectivity index (χ2v) is 13.2. The van der Waals surface area contributed by atoms with E-state index in [1.165, 1.54) is 6.07 Å². The number of hydrogen-bond acceptors (Lipinski definition) is 6. The molecule has 0 aromatic heterocycles. The van der Waals surface area contributed by atoms with E-state index in [2.05, 4.69) is 47.8 Å². The smallest absolute Gasteiger partial charge is 0.419 e. The lowest BCUT2D eigenvalue weighted by Gasteiger charge is -2.29. The highest BCUT2D eigenvalue weighted by Gasteiger charge is 2.50. The third kappa shape index (κ3) is 5.05. The summed E-state index contributed by atoms with van der Waals surface area (Å²) in [6.07, 6.45) is -1.94. The van der Waals surface area contributed by atoms with Gasteiger partial charge < -0.3 is 9.47 Å². The fourth-order valence-electron chi connectivity index (χ4n) is 4.02. The van der Waals surface area contributed by atoms with Crippen LogP contribution < -0.4 is 9.80 Å². The highest BCUT2D eigenvalue weighted by Crippen LogP contribution is 2.48. The summed E-state index contributed by atoms with van der Waals surface area (Å²) < 4.78 is 26.5. The zero-order valence-corrected chi connectivity index (χ0v) is 25.9.